The lowest BCUT2D eigenvalue weighted by molar-refractivity contribution is 0.209. The normalized spacial score (nSPS) is 20.1. The van der Waals surface area contributed by atoms with Crippen molar-refractivity contribution in [3.05, 3.63) is 18.0 Å². The SMILES string of the molecule is CSC1(C#N)CCN(Cc2cnn(C)c2)CC1. The second kappa shape index (κ2) is 5.11. The highest BCUT2D eigenvalue weighted by Gasteiger charge is 2.33. The van der Waals surface area contributed by atoms with E-state index in [0.717, 1.165) is 32.5 Å². The average Bonchev–Trinajstić information content (AvgIpc) is 2.76. The molecule has 0 N–H and O–H groups in total. The topological polar surface area (TPSA) is 44.9 Å². The number of aryl methyl sites for hydroxylation is 1. The molecule has 1 aromatic rings. The Labute approximate surface area is 107 Å². The van der Waals surface area contributed by atoms with E-state index in [-0.39, 0.29) is 4.75 Å². The summed E-state index contributed by atoms with van der Waals surface area (Å²) in [6.07, 6.45) is 7.94. The summed E-state index contributed by atoms with van der Waals surface area (Å²) in [7, 11) is 1.94. The number of aromatic nitrogens is 2. The summed E-state index contributed by atoms with van der Waals surface area (Å²) in [5, 5.41) is 13.4. The maximum atomic E-state index is 9.22. The smallest absolute Gasteiger partial charge is 0.104 e. The van der Waals surface area contributed by atoms with Crippen molar-refractivity contribution in [2.45, 2.75) is 24.1 Å². The summed E-state index contributed by atoms with van der Waals surface area (Å²) in [6, 6.07) is 2.48. The van der Waals surface area contributed by atoms with Crippen LogP contribution in [0, 0.1) is 11.3 Å². The van der Waals surface area contributed by atoms with Crippen LogP contribution >= 0.6 is 11.8 Å². The molecule has 0 bridgehead atoms. The molecular weight excluding hydrogens is 232 g/mol. The van der Waals surface area contributed by atoms with Gasteiger partial charge < -0.3 is 0 Å². The zero-order chi connectivity index (χ0) is 12.3. The van der Waals surface area contributed by atoms with Gasteiger partial charge in [0.1, 0.15) is 4.75 Å². The molecule has 1 aliphatic rings. The molecule has 1 aromatic heterocycles. The largest absolute Gasteiger partial charge is 0.299 e. The van der Waals surface area contributed by atoms with Crippen molar-refractivity contribution in [2.24, 2.45) is 7.05 Å². The van der Waals surface area contributed by atoms with E-state index in [1.165, 1.54) is 5.56 Å². The van der Waals surface area contributed by atoms with Crippen molar-refractivity contribution in [3.63, 3.8) is 0 Å². The predicted molar refractivity (Wildman–Crippen MR) is 69.6 cm³/mol. The zero-order valence-corrected chi connectivity index (χ0v) is 11.2. The first-order valence-corrected chi connectivity index (χ1v) is 7.06. The number of likely N-dealkylation sites (tertiary alicyclic amines) is 1. The van der Waals surface area contributed by atoms with E-state index in [9.17, 15) is 5.26 Å². The zero-order valence-electron chi connectivity index (χ0n) is 10.4. The van der Waals surface area contributed by atoms with E-state index >= 15 is 0 Å². The van der Waals surface area contributed by atoms with Crippen LogP contribution in [0.3, 0.4) is 0 Å². The molecule has 0 aliphatic carbocycles. The molecule has 17 heavy (non-hydrogen) atoms. The van der Waals surface area contributed by atoms with Gasteiger partial charge in [0.15, 0.2) is 0 Å². The van der Waals surface area contributed by atoms with Gasteiger partial charge in [0, 0.05) is 38.4 Å². The van der Waals surface area contributed by atoms with Gasteiger partial charge in [0.25, 0.3) is 0 Å². The fourth-order valence-corrected chi connectivity index (χ4v) is 2.93. The second-order valence-electron chi connectivity index (χ2n) is 4.61. The molecule has 1 saturated heterocycles. The first-order chi connectivity index (χ1) is 8.17. The van der Waals surface area contributed by atoms with Crippen LogP contribution in [-0.4, -0.2) is 38.8 Å². The number of piperidine rings is 1. The van der Waals surface area contributed by atoms with Gasteiger partial charge in [-0.05, 0) is 19.1 Å². The van der Waals surface area contributed by atoms with Crippen LogP contribution in [0.5, 0.6) is 0 Å². The minimum atomic E-state index is -0.147. The van der Waals surface area contributed by atoms with Crippen LogP contribution in [0.4, 0.5) is 0 Å². The Morgan fingerprint density at radius 2 is 2.24 bits per heavy atom. The van der Waals surface area contributed by atoms with Crippen LogP contribution in [0.1, 0.15) is 18.4 Å². The summed E-state index contributed by atoms with van der Waals surface area (Å²) < 4.78 is 1.69. The van der Waals surface area contributed by atoms with Crippen LogP contribution in [0.25, 0.3) is 0 Å². The van der Waals surface area contributed by atoms with Crippen molar-refractivity contribution < 1.29 is 0 Å². The van der Waals surface area contributed by atoms with Crippen molar-refractivity contribution in [2.75, 3.05) is 19.3 Å². The molecule has 2 heterocycles. The van der Waals surface area contributed by atoms with Gasteiger partial charge in [-0.1, -0.05) is 0 Å². The molecule has 92 valence electrons. The number of hydrogen-bond acceptors (Lipinski definition) is 4. The molecule has 0 radical (unpaired) electrons. The summed E-state index contributed by atoms with van der Waals surface area (Å²) in [5.74, 6) is 0. The second-order valence-corrected chi connectivity index (χ2v) is 5.80. The van der Waals surface area contributed by atoms with Crippen molar-refractivity contribution in [1.82, 2.24) is 14.7 Å². The Morgan fingerprint density at radius 1 is 1.53 bits per heavy atom. The third kappa shape index (κ3) is 2.82. The van der Waals surface area contributed by atoms with Crippen molar-refractivity contribution in [3.8, 4) is 6.07 Å². The van der Waals surface area contributed by atoms with Crippen molar-refractivity contribution in [1.29, 1.82) is 5.26 Å². The number of thioether (sulfide) groups is 1. The predicted octanol–water partition coefficient (Wildman–Crippen LogP) is 1.64. The van der Waals surface area contributed by atoms with Crippen LogP contribution in [-0.2, 0) is 13.6 Å². The maximum absolute atomic E-state index is 9.22. The Hall–Kier alpha value is -0.990. The highest BCUT2D eigenvalue weighted by molar-refractivity contribution is 8.00. The molecule has 5 heteroatoms. The third-order valence-electron chi connectivity index (χ3n) is 3.42. The summed E-state index contributed by atoms with van der Waals surface area (Å²) in [4.78, 5) is 2.41. The van der Waals surface area contributed by atoms with Gasteiger partial charge in [0.2, 0.25) is 0 Å². The van der Waals surface area contributed by atoms with Gasteiger partial charge in [-0.15, -0.1) is 11.8 Å². The molecule has 0 unspecified atom stereocenters. The minimum absolute atomic E-state index is 0.147. The fourth-order valence-electron chi connectivity index (χ4n) is 2.25. The van der Waals surface area contributed by atoms with Gasteiger partial charge in [-0.2, -0.15) is 10.4 Å². The highest BCUT2D eigenvalue weighted by Crippen LogP contribution is 2.34. The first kappa shape index (κ1) is 12.5. The van der Waals surface area contributed by atoms with Crippen LogP contribution in [0.15, 0.2) is 12.4 Å². The van der Waals surface area contributed by atoms with E-state index in [2.05, 4.69) is 22.3 Å². The molecule has 1 aliphatic heterocycles. The quantitative estimate of drug-likeness (QED) is 0.818. The van der Waals surface area contributed by atoms with E-state index in [1.54, 1.807) is 11.8 Å². The number of nitrogens with zero attached hydrogens (tertiary/aromatic N) is 4. The molecule has 1 fully saturated rings. The van der Waals surface area contributed by atoms with Gasteiger partial charge >= 0.3 is 0 Å². The average molecular weight is 250 g/mol. The van der Waals surface area contributed by atoms with Gasteiger partial charge in [0.05, 0.1) is 12.3 Å². The summed E-state index contributed by atoms with van der Waals surface area (Å²) in [5.41, 5.74) is 1.25. The molecule has 0 spiro atoms. The maximum Gasteiger partial charge on any atom is 0.104 e. The standard InChI is InChI=1S/C12H18N4S/c1-15-8-11(7-14-15)9-16-5-3-12(10-13,17-2)4-6-16/h7-8H,3-6,9H2,1-2H3. The van der Waals surface area contributed by atoms with E-state index in [4.69, 9.17) is 0 Å². The minimum Gasteiger partial charge on any atom is -0.299 e. The van der Waals surface area contributed by atoms with Gasteiger partial charge in [-0.3, -0.25) is 9.58 Å². The Morgan fingerprint density at radius 3 is 2.71 bits per heavy atom. The molecule has 0 aromatic carbocycles. The van der Waals surface area contributed by atoms with E-state index in [1.807, 2.05) is 24.2 Å². The molecule has 0 saturated carbocycles. The van der Waals surface area contributed by atoms with Crippen LogP contribution < -0.4 is 0 Å². The Kier molecular flexibility index (Phi) is 3.75. The molecular formula is C12H18N4S. The fraction of sp³-hybridized carbons (Fsp3) is 0.667. The highest BCUT2D eigenvalue weighted by atomic mass is 32.2. The molecule has 0 amide bonds. The Balaban J connectivity index is 1.90. The lowest BCUT2D eigenvalue weighted by Gasteiger charge is -2.35. The monoisotopic (exact) mass is 250 g/mol. The summed E-state index contributed by atoms with van der Waals surface area (Å²) in [6.45, 7) is 2.95. The van der Waals surface area contributed by atoms with E-state index < -0.39 is 0 Å². The molecule has 2 rings (SSSR count). The lowest BCUT2D eigenvalue weighted by Crippen LogP contribution is -2.41. The first-order valence-electron chi connectivity index (χ1n) is 5.84. The number of hydrogen-bond donors (Lipinski definition) is 0. The summed E-state index contributed by atoms with van der Waals surface area (Å²) >= 11 is 1.70. The van der Waals surface area contributed by atoms with Gasteiger partial charge in [-0.25, -0.2) is 0 Å². The number of nitriles is 1. The molecule has 4 nitrogen and oxygen atoms in total. The number of rotatable bonds is 3. The lowest BCUT2D eigenvalue weighted by atomic mass is 9.97. The Bertz CT molecular complexity index is 412. The van der Waals surface area contributed by atoms with E-state index in [0.29, 0.717) is 0 Å². The van der Waals surface area contributed by atoms with Crippen LogP contribution in [0.2, 0.25) is 0 Å². The molecule has 0 atom stereocenters. The third-order valence-corrected chi connectivity index (χ3v) is 4.70. The van der Waals surface area contributed by atoms with Crippen molar-refractivity contribution >= 4 is 11.8 Å².